The number of carbonyl (C=O) groups excluding carboxylic acids is 1. The van der Waals surface area contributed by atoms with E-state index in [1.54, 1.807) is 24.3 Å². The van der Waals surface area contributed by atoms with Crippen LogP contribution in [0.2, 0.25) is 0 Å². The van der Waals surface area contributed by atoms with Crippen LogP contribution < -0.4 is 16.2 Å². The van der Waals surface area contributed by atoms with E-state index in [-0.39, 0.29) is 23.6 Å². The van der Waals surface area contributed by atoms with Gasteiger partial charge in [0.1, 0.15) is 0 Å². The van der Waals surface area contributed by atoms with E-state index in [0.29, 0.717) is 28.7 Å². The monoisotopic (exact) mass is 443 g/mol. The Balaban J connectivity index is 1.46. The number of hydrogen-bond donors (Lipinski definition) is 2. The second-order valence-corrected chi connectivity index (χ2v) is 9.10. The largest absolute Gasteiger partial charge is 0.399 e. The molecule has 0 radical (unpaired) electrons. The molecule has 1 aliphatic heterocycles. The highest BCUT2D eigenvalue weighted by atomic mass is 16.5. The summed E-state index contributed by atoms with van der Waals surface area (Å²) in [7, 11) is 1.72. The van der Waals surface area contributed by atoms with Gasteiger partial charge in [0.2, 0.25) is 0 Å². The van der Waals surface area contributed by atoms with Crippen LogP contribution in [-0.2, 0) is 11.2 Å². The van der Waals surface area contributed by atoms with Gasteiger partial charge in [0.05, 0.1) is 34.8 Å². The van der Waals surface area contributed by atoms with Gasteiger partial charge in [-0.2, -0.15) is 5.10 Å². The van der Waals surface area contributed by atoms with Crippen LogP contribution >= 0.6 is 0 Å². The predicted octanol–water partition coefficient (Wildman–Crippen LogP) is 3.32. The quantitative estimate of drug-likeness (QED) is 0.473. The highest BCUT2D eigenvalue weighted by Crippen LogP contribution is 2.37. The molecule has 2 aromatic carbocycles. The fraction of sp³-hybridized carbons (Fsp3) is 0.320. The third-order valence-electron chi connectivity index (χ3n) is 7.13. The zero-order chi connectivity index (χ0) is 22.9. The van der Waals surface area contributed by atoms with Gasteiger partial charge >= 0.3 is 0 Å². The first kappa shape index (κ1) is 20.0. The standard InChI is InChI=1S/C25H25N5O3/c1-13-7-19-21(11-18(13)25(32)29-6-5-14-8-15(26)3-4-22(14)29)28-24(31)20-12-27-30(23(19)20)16-9-17(10-16)33-2/h3-4,7-8,11-12,16-17H,5-6,9-10,26H2,1-2H3,(H,28,31). The molecule has 6 rings (SSSR count). The van der Waals surface area contributed by atoms with Crippen LogP contribution in [0.3, 0.4) is 0 Å². The molecule has 0 saturated heterocycles. The molecule has 3 heterocycles. The third-order valence-corrected chi connectivity index (χ3v) is 7.13. The molecule has 8 nitrogen and oxygen atoms in total. The maximum atomic E-state index is 13.5. The number of nitrogen functional groups attached to an aromatic ring is 1. The van der Waals surface area contributed by atoms with Crippen molar-refractivity contribution < 1.29 is 9.53 Å². The van der Waals surface area contributed by atoms with Crippen molar-refractivity contribution in [3.63, 3.8) is 0 Å². The lowest BCUT2D eigenvalue weighted by atomic mass is 9.89. The highest BCUT2D eigenvalue weighted by Gasteiger charge is 2.33. The van der Waals surface area contributed by atoms with Gasteiger partial charge in [-0.1, -0.05) is 0 Å². The molecule has 4 aromatic rings. The van der Waals surface area contributed by atoms with Crippen molar-refractivity contribution in [2.24, 2.45) is 0 Å². The van der Waals surface area contributed by atoms with E-state index in [0.717, 1.165) is 47.0 Å². The first-order valence-corrected chi connectivity index (χ1v) is 11.2. The summed E-state index contributed by atoms with van der Waals surface area (Å²) in [6.07, 6.45) is 4.38. The Morgan fingerprint density at radius 2 is 2.03 bits per heavy atom. The molecule has 1 aliphatic carbocycles. The zero-order valence-corrected chi connectivity index (χ0v) is 18.6. The average molecular weight is 444 g/mol. The highest BCUT2D eigenvalue weighted by molar-refractivity contribution is 6.12. The predicted molar refractivity (Wildman–Crippen MR) is 128 cm³/mol. The molecular formula is C25H25N5O3. The molecule has 2 aromatic heterocycles. The minimum Gasteiger partial charge on any atom is -0.399 e. The number of nitrogens with zero attached hydrogens (tertiary/aromatic N) is 3. The van der Waals surface area contributed by atoms with Crippen LogP contribution in [-0.4, -0.2) is 40.4 Å². The number of amides is 1. The van der Waals surface area contributed by atoms with E-state index in [4.69, 9.17) is 10.5 Å². The number of nitrogens with one attached hydrogen (secondary N) is 1. The minimum absolute atomic E-state index is 0.0747. The van der Waals surface area contributed by atoms with Crippen molar-refractivity contribution in [2.75, 3.05) is 24.3 Å². The number of carbonyl (C=O) groups is 1. The second-order valence-electron chi connectivity index (χ2n) is 9.10. The molecule has 0 atom stereocenters. The van der Waals surface area contributed by atoms with Crippen molar-refractivity contribution in [2.45, 2.75) is 38.3 Å². The molecule has 168 valence electrons. The van der Waals surface area contributed by atoms with Crippen LogP contribution in [0.5, 0.6) is 0 Å². The summed E-state index contributed by atoms with van der Waals surface area (Å²) < 4.78 is 7.37. The number of aromatic amines is 1. The van der Waals surface area contributed by atoms with Gasteiger partial charge in [-0.3, -0.25) is 14.3 Å². The Bertz CT molecular complexity index is 1500. The summed E-state index contributed by atoms with van der Waals surface area (Å²) in [5.41, 5.74) is 11.3. The van der Waals surface area contributed by atoms with E-state index < -0.39 is 0 Å². The Labute approximate surface area is 189 Å². The molecule has 8 heteroatoms. The molecule has 1 fully saturated rings. The number of aryl methyl sites for hydroxylation is 1. The molecule has 0 unspecified atom stereocenters. The van der Waals surface area contributed by atoms with Crippen LogP contribution in [0.15, 0.2) is 41.3 Å². The number of fused-ring (bicyclic) bond motifs is 4. The molecular weight excluding hydrogens is 418 g/mol. The number of pyridine rings is 1. The third kappa shape index (κ3) is 2.97. The van der Waals surface area contributed by atoms with E-state index in [1.807, 2.05) is 35.9 Å². The zero-order valence-electron chi connectivity index (χ0n) is 18.6. The van der Waals surface area contributed by atoms with Gasteiger partial charge in [-0.25, -0.2) is 0 Å². The van der Waals surface area contributed by atoms with E-state index in [2.05, 4.69) is 10.1 Å². The SMILES string of the molecule is COC1CC(n2ncc3c(=O)[nH]c4cc(C(=O)N5CCc6cc(N)ccc65)c(C)cc4c32)C1. The molecule has 33 heavy (non-hydrogen) atoms. The van der Waals surface area contributed by atoms with Gasteiger partial charge in [0.15, 0.2) is 0 Å². The Morgan fingerprint density at radius 1 is 1.21 bits per heavy atom. The van der Waals surface area contributed by atoms with Crippen molar-refractivity contribution in [1.82, 2.24) is 14.8 Å². The first-order chi connectivity index (χ1) is 15.9. The summed E-state index contributed by atoms with van der Waals surface area (Å²) in [4.78, 5) is 31.1. The number of rotatable bonds is 3. The van der Waals surface area contributed by atoms with Gasteiger partial charge in [-0.05, 0) is 67.6 Å². The number of hydrogen-bond acceptors (Lipinski definition) is 5. The number of aromatic nitrogens is 3. The number of methoxy groups -OCH3 is 1. The van der Waals surface area contributed by atoms with Crippen molar-refractivity contribution in [3.05, 3.63) is 63.6 Å². The average Bonchev–Trinajstić information content (AvgIpc) is 3.38. The number of anilines is 2. The van der Waals surface area contributed by atoms with E-state index in [1.165, 1.54) is 0 Å². The summed E-state index contributed by atoms with van der Waals surface area (Å²) in [5, 5.41) is 5.99. The smallest absolute Gasteiger partial charge is 0.259 e. The topological polar surface area (TPSA) is 106 Å². The lowest BCUT2D eigenvalue weighted by Gasteiger charge is -2.34. The summed E-state index contributed by atoms with van der Waals surface area (Å²) in [6, 6.07) is 9.65. The number of benzene rings is 2. The van der Waals surface area contributed by atoms with Crippen LogP contribution in [0.4, 0.5) is 11.4 Å². The Hall–Kier alpha value is -3.65. The van der Waals surface area contributed by atoms with Gasteiger partial charge in [0, 0.05) is 36.0 Å². The maximum Gasteiger partial charge on any atom is 0.259 e. The molecule has 0 bridgehead atoms. The van der Waals surface area contributed by atoms with Crippen molar-refractivity contribution in [3.8, 4) is 0 Å². The molecule has 1 saturated carbocycles. The van der Waals surface area contributed by atoms with Crippen molar-refractivity contribution in [1.29, 1.82) is 0 Å². The van der Waals surface area contributed by atoms with Crippen LogP contribution in [0, 0.1) is 6.92 Å². The fourth-order valence-corrected chi connectivity index (χ4v) is 5.21. The van der Waals surface area contributed by atoms with E-state index >= 15 is 0 Å². The normalized spacial score (nSPS) is 19.8. The van der Waals surface area contributed by atoms with Crippen LogP contribution in [0.25, 0.3) is 21.8 Å². The Morgan fingerprint density at radius 3 is 2.82 bits per heavy atom. The second kappa shape index (κ2) is 7.18. The maximum absolute atomic E-state index is 13.5. The fourth-order valence-electron chi connectivity index (χ4n) is 5.21. The summed E-state index contributed by atoms with van der Waals surface area (Å²) in [5.74, 6) is -0.0747. The molecule has 1 amide bonds. The number of ether oxygens (including phenoxy) is 1. The van der Waals surface area contributed by atoms with Crippen molar-refractivity contribution >= 4 is 39.1 Å². The first-order valence-electron chi connectivity index (χ1n) is 11.2. The lowest BCUT2D eigenvalue weighted by molar-refractivity contribution is 0.00393. The Kier molecular flexibility index (Phi) is 4.35. The lowest BCUT2D eigenvalue weighted by Crippen LogP contribution is -2.33. The molecule has 3 N–H and O–H groups in total. The van der Waals surface area contributed by atoms with Gasteiger partial charge < -0.3 is 20.4 Å². The molecule has 0 spiro atoms. The van der Waals surface area contributed by atoms with Gasteiger partial charge in [0.25, 0.3) is 11.5 Å². The van der Waals surface area contributed by atoms with E-state index in [9.17, 15) is 9.59 Å². The number of nitrogens with two attached hydrogens (primary N) is 1. The molecule has 2 aliphatic rings. The van der Waals surface area contributed by atoms with Crippen LogP contribution in [0.1, 0.15) is 40.4 Å². The minimum atomic E-state index is -0.199. The van der Waals surface area contributed by atoms with Gasteiger partial charge in [-0.15, -0.1) is 0 Å². The number of H-pyrrole nitrogens is 1. The summed E-state index contributed by atoms with van der Waals surface area (Å²) >= 11 is 0. The summed E-state index contributed by atoms with van der Waals surface area (Å²) in [6.45, 7) is 2.55.